The van der Waals surface area contributed by atoms with Gasteiger partial charge in [0.05, 0.1) is 12.1 Å². The summed E-state index contributed by atoms with van der Waals surface area (Å²) in [7, 11) is 0. The SMILES string of the molecule is Cc1ccc(NC(=O)Cc2csc3nc(-c4ccc(F)cc4)cn23)cc1F. The second kappa shape index (κ2) is 6.92. The molecule has 2 aromatic heterocycles. The van der Waals surface area contributed by atoms with Gasteiger partial charge in [0.15, 0.2) is 4.96 Å². The van der Waals surface area contributed by atoms with Crippen LogP contribution in [0, 0.1) is 18.6 Å². The number of carbonyl (C=O) groups is 1. The first kappa shape index (κ1) is 17.4. The van der Waals surface area contributed by atoms with Gasteiger partial charge in [0, 0.05) is 28.5 Å². The molecule has 0 spiro atoms. The maximum Gasteiger partial charge on any atom is 0.230 e. The number of halogens is 2. The summed E-state index contributed by atoms with van der Waals surface area (Å²) in [6.45, 7) is 1.67. The first-order chi connectivity index (χ1) is 13.0. The Kier molecular flexibility index (Phi) is 4.45. The van der Waals surface area contributed by atoms with E-state index in [0.29, 0.717) is 16.9 Å². The average molecular weight is 383 g/mol. The van der Waals surface area contributed by atoms with Gasteiger partial charge in [-0.1, -0.05) is 6.07 Å². The number of nitrogens with zero attached hydrogens (tertiary/aromatic N) is 2. The largest absolute Gasteiger partial charge is 0.326 e. The van der Waals surface area contributed by atoms with E-state index in [1.165, 1.54) is 29.5 Å². The summed E-state index contributed by atoms with van der Waals surface area (Å²) >= 11 is 1.42. The Bertz CT molecular complexity index is 1130. The van der Waals surface area contributed by atoms with Gasteiger partial charge < -0.3 is 5.32 Å². The fourth-order valence-corrected chi connectivity index (χ4v) is 3.63. The fourth-order valence-electron chi connectivity index (χ4n) is 2.76. The molecule has 0 bridgehead atoms. The minimum atomic E-state index is -0.357. The number of anilines is 1. The molecule has 2 heterocycles. The van der Waals surface area contributed by atoms with Gasteiger partial charge in [-0.05, 0) is 48.9 Å². The van der Waals surface area contributed by atoms with Crippen molar-refractivity contribution in [3.63, 3.8) is 0 Å². The fraction of sp³-hybridized carbons (Fsp3) is 0.100. The Morgan fingerprint density at radius 2 is 1.96 bits per heavy atom. The van der Waals surface area contributed by atoms with Crippen molar-refractivity contribution < 1.29 is 13.6 Å². The predicted molar refractivity (Wildman–Crippen MR) is 102 cm³/mol. The minimum absolute atomic E-state index is 0.134. The highest BCUT2D eigenvalue weighted by Crippen LogP contribution is 2.24. The summed E-state index contributed by atoms with van der Waals surface area (Å²) in [6, 6.07) is 10.7. The van der Waals surface area contributed by atoms with Crippen LogP contribution in [0.5, 0.6) is 0 Å². The van der Waals surface area contributed by atoms with Crippen LogP contribution in [0.2, 0.25) is 0 Å². The third-order valence-electron chi connectivity index (χ3n) is 4.22. The van der Waals surface area contributed by atoms with Crippen LogP contribution in [0.15, 0.2) is 54.0 Å². The molecule has 7 heteroatoms. The summed E-state index contributed by atoms with van der Waals surface area (Å²) in [5, 5.41) is 4.58. The van der Waals surface area contributed by atoms with Gasteiger partial charge in [0.25, 0.3) is 0 Å². The second-order valence-electron chi connectivity index (χ2n) is 6.20. The summed E-state index contributed by atoms with van der Waals surface area (Å²) in [4.78, 5) is 17.6. The lowest BCUT2D eigenvalue weighted by molar-refractivity contribution is -0.115. The van der Waals surface area contributed by atoms with E-state index in [2.05, 4.69) is 10.3 Å². The zero-order valence-electron chi connectivity index (χ0n) is 14.4. The summed E-state index contributed by atoms with van der Waals surface area (Å²) in [5.41, 5.74) is 3.24. The van der Waals surface area contributed by atoms with Crippen molar-refractivity contribution in [1.29, 1.82) is 0 Å². The Morgan fingerprint density at radius 3 is 2.70 bits per heavy atom. The number of aromatic nitrogens is 2. The molecule has 1 N–H and O–H groups in total. The molecule has 136 valence electrons. The first-order valence-corrected chi connectivity index (χ1v) is 9.15. The number of carbonyl (C=O) groups excluding carboxylic acids is 1. The van der Waals surface area contributed by atoms with Gasteiger partial charge in [-0.25, -0.2) is 13.8 Å². The molecule has 0 atom stereocenters. The smallest absolute Gasteiger partial charge is 0.230 e. The highest BCUT2D eigenvalue weighted by atomic mass is 32.1. The zero-order chi connectivity index (χ0) is 19.0. The van der Waals surface area contributed by atoms with Crippen LogP contribution in [-0.4, -0.2) is 15.3 Å². The maximum atomic E-state index is 13.6. The number of amides is 1. The molecule has 0 fully saturated rings. The van der Waals surface area contributed by atoms with Crippen molar-refractivity contribution in [2.45, 2.75) is 13.3 Å². The number of nitrogens with one attached hydrogen (secondary N) is 1. The zero-order valence-corrected chi connectivity index (χ0v) is 15.2. The number of thiazole rings is 1. The van der Waals surface area contributed by atoms with Crippen LogP contribution >= 0.6 is 11.3 Å². The Morgan fingerprint density at radius 1 is 1.19 bits per heavy atom. The van der Waals surface area contributed by atoms with Gasteiger partial charge >= 0.3 is 0 Å². The molecule has 0 aliphatic rings. The van der Waals surface area contributed by atoms with Crippen molar-refractivity contribution in [3.05, 3.63) is 76.9 Å². The molecule has 1 amide bonds. The van der Waals surface area contributed by atoms with Gasteiger partial charge in [0.2, 0.25) is 5.91 Å². The van der Waals surface area contributed by atoms with Crippen LogP contribution in [0.1, 0.15) is 11.3 Å². The molecule has 0 saturated heterocycles. The lowest BCUT2D eigenvalue weighted by Crippen LogP contribution is -2.15. The molecule has 0 unspecified atom stereocenters. The third kappa shape index (κ3) is 3.59. The monoisotopic (exact) mass is 383 g/mol. The molecule has 2 aromatic carbocycles. The van der Waals surface area contributed by atoms with Crippen molar-refractivity contribution in [1.82, 2.24) is 9.38 Å². The Labute approximate surface area is 158 Å². The van der Waals surface area contributed by atoms with Crippen LogP contribution in [0.3, 0.4) is 0 Å². The van der Waals surface area contributed by atoms with E-state index in [9.17, 15) is 13.6 Å². The van der Waals surface area contributed by atoms with E-state index in [-0.39, 0.29) is 24.0 Å². The van der Waals surface area contributed by atoms with Crippen molar-refractivity contribution >= 4 is 27.9 Å². The van der Waals surface area contributed by atoms with E-state index in [0.717, 1.165) is 16.2 Å². The molecule has 4 nitrogen and oxygen atoms in total. The van der Waals surface area contributed by atoms with Gasteiger partial charge in [-0.3, -0.25) is 9.20 Å². The van der Waals surface area contributed by atoms with Crippen molar-refractivity contribution in [2.24, 2.45) is 0 Å². The quantitative estimate of drug-likeness (QED) is 0.549. The van der Waals surface area contributed by atoms with Gasteiger partial charge in [-0.15, -0.1) is 11.3 Å². The molecule has 4 rings (SSSR count). The summed E-state index contributed by atoms with van der Waals surface area (Å²) < 4.78 is 28.6. The van der Waals surface area contributed by atoms with E-state index in [1.807, 2.05) is 16.0 Å². The van der Waals surface area contributed by atoms with Gasteiger partial charge in [-0.2, -0.15) is 0 Å². The molecule has 0 aliphatic heterocycles. The number of rotatable bonds is 4. The average Bonchev–Trinajstić information content (AvgIpc) is 3.21. The van der Waals surface area contributed by atoms with Crippen LogP contribution in [0.25, 0.3) is 16.2 Å². The number of imidazole rings is 1. The normalized spacial score (nSPS) is 11.1. The van der Waals surface area contributed by atoms with E-state index < -0.39 is 0 Å². The molecular formula is C20H15F2N3OS. The van der Waals surface area contributed by atoms with Crippen LogP contribution < -0.4 is 5.32 Å². The third-order valence-corrected chi connectivity index (χ3v) is 5.11. The molecule has 4 aromatic rings. The first-order valence-electron chi connectivity index (χ1n) is 8.27. The maximum absolute atomic E-state index is 13.6. The van der Waals surface area contributed by atoms with Crippen LogP contribution in [0.4, 0.5) is 14.5 Å². The highest BCUT2D eigenvalue weighted by molar-refractivity contribution is 7.15. The number of fused-ring (bicyclic) bond motifs is 1. The molecule has 0 saturated carbocycles. The predicted octanol–water partition coefficient (Wildman–Crippen LogP) is 4.83. The molecular weight excluding hydrogens is 368 g/mol. The van der Waals surface area contributed by atoms with Gasteiger partial charge in [0.1, 0.15) is 11.6 Å². The molecule has 0 radical (unpaired) electrons. The van der Waals surface area contributed by atoms with Crippen molar-refractivity contribution in [2.75, 3.05) is 5.32 Å². The van der Waals surface area contributed by atoms with Crippen molar-refractivity contribution in [3.8, 4) is 11.3 Å². The summed E-state index contributed by atoms with van der Waals surface area (Å²) in [6.07, 6.45) is 1.96. The second-order valence-corrected chi connectivity index (χ2v) is 7.04. The van der Waals surface area contributed by atoms with Crippen LogP contribution in [-0.2, 0) is 11.2 Å². The topological polar surface area (TPSA) is 46.4 Å². The van der Waals surface area contributed by atoms with E-state index >= 15 is 0 Å². The Balaban J connectivity index is 1.54. The van der Waals surface area contributed by atoms with E-state index in [1.54, 1.807) is 31.2 Å². The molecule has 0 aliphatic carbocycles. The highest BCUT2D eigenvalue weighted by Gasteiger charge is 2.13. The minimum Gasteiger partial charge on any atom is -0.326 e. The number of aryl methyl sites for hydroxylation is 1. The number of hydrogen-bond acceptors (Lipinski definition) is 3. The number of benzene rings is 2. The summed E-state index contributed by atoms with van der Waals surface area (Å²) in [5.74, 6) is -0.899. The standard InChI is InChI=1S/C20H15F2N3OS/c1-12-2-7-15(8-17(12)22)23-19(26)9-16-11-27-20-24-18(10-25(16)20)13-3-5-14(21)6-4-13/h2-8,10-11H,9H2,1H3,(H,23,26). The Hall–Kier alpha value is -3.06. The molecule has 27 heavy (non-hydrogen) atoms. The number of hydrogen-bond donors (Lipinski definition) is 1. The van der Waals surface area contributed by atoms with E-state index in [4.69, 9.17) is 0 Å². The lowest BCUT2D eigenvalue weighted by Gasteiger charge is -2.06. The lowest BCUT2D eigenvalue weighted by atomic mass is 10.2.